The Labute approximate surface area is 161 Å². The SMILES string of the molecule is CCCOC(=O)c1ccc(C(=O)NNC(=O)c2ccc(C(=O)OC)cc2)cc1. The molecule has 0 unspecified atom stereocenters. The van der Waals surface area contributed by atoms with Crippen molar-refractivity contribution in [2.45, 2.75) is 13.3 Å². The molecule has 0 spiro atoms. The van der Waals surface area contributed by atoms with E-state index in [1.807, 2.05) is 6.92 Å². The predicted molar refractivity (Wildman–Crippen MR) is 99.7 cm³/mol. The maximum atomic E-state index is 12.1. The fraction of sp³-hybridized carbons (Fsp3) is 0.200. The van der Waals surface area contributed by atoms with Crippen LogP contribution in [0.5, 0.6) is 0 Å². The number of amides is 2. The summed E-state index contributed by atoms with van der Waals surface area (Å²) in [6, 6.07) is 11.6. The molecule has 8 nitrogen and oxygen atoms in total. The highest BCUT2D eigenvalue weighted by molar-refractivity contribution is 6.00. The van der Waals surface area contributed by atoms with Crippen LogP contribution in [0.1, 0.15) is 54.8 Å². The molecular weight excluding hydrogens is 364 g/mol. The van der Waals surface area contributed by atoms with Crippen LogP contribution in [0, 0.1) is 0 Å². The van der Waals surface area contributed by atoms with E-state index in [9.17, 15) is 19.2 Å². The lowest BCUT2D eigenvalue weighted by atomic mass is 10.1. The number of hydrogen-bond donors (Lipinski definition) is 2. The monoisotopic (exact) mass is 384 g/mol. The molecule has 0 heterocycles. The zero-order valence-electron chi connectivity index (χ0n) is 15.5. The number of hydrazine groups is 1. The Kier molecular flexibility index (Phi) is 7.27. The molecule has 2 aromatic rings. The second kappa shape index (κ2) is 9.86. The Morgan fingerprint density at radius 2 is 1.11 bits per heavy atom. The Hall–Kier alpha value is -3.68. The summed E-state index contributed by atoms with van der Waals surface area (Å²) in [7, 11) is 1.26. The molecule has 2 N–H and O–H groups in total. The van der Waals surface area contributed by atoms with Crippen LogP contribution in [0.3, 0.4) is 0 Å². The first kappa shape index (κ1) is 20.6. The summed E-state index contributed by atoms with van der Waals surface area (Å²) in [5, 5.41) is 0. The summed E-state index contributed by atoms with van der Waals surface area (Å²) >= 11 is 0. The van der Waals surface area contributed by atoms with Gasteiger partial charge >= 0.3 is 11.9 Å². The summed E-state index contributed by atoms with van der Waals surface area (Å²) in [5.41, 5.74) is 5.71. The standard InChI is InChI=1S/C20H20N2O6/c1-3-12-28-20(26)16-10-6-14(7-11-16)18(24)22-21-17(23)13-4-8-15(9-5-13)19(25)27-2/h4-11H,3,12H2,1-2H3,(H,21,23)(H,22,24). The fourth-order valence-corrected chi connectivity index (χ4v) is 2.17. The largest absolute Gasteiger partial charge is 0.465 e. The minimum atomic E-state index is -0.551. The van der Waals surface area contributed by atoms with Crippen molar-refractivity contribution in [3.8, 4) is 0 Å². The van der Waals surface area contributed by atoms with E-state index in [1.165, 1.54) is 55.6 Å². The maximum absolute atomic E-state index is 12.1. The number of carbonyl (C=O) groups excluding carboxylic acids is 4. The molecule has 2 rings (SSSR count). The normalized spacial score (nSPS) is 9.93. The van der Waals surface area contributed by atoms with E-state index in [0.29, 0.717) is 17.7 Å². The molecule has 2 aromatic carbocycles. The average molecular weight is 384 g/mol. The van der Waals surface area contributed by atoms with Crippen LogP contribution in [0.4, 0.5) is 0 Å². The van der Waals surface area contributed by atoms with Crippen molar-refractivity contribution >= 4 is 23.8 Å². The first-order valence-corrected chi connectivity index (χ1v) is 8.52. The number of methoxy groups -OCH3 is 1. The highest BCUT2D eigenvalue weighted by Gasteiger charge is 2.12. The first-order valence-electron chi connectivity index (χ1n) is 8.52. The average Bonchev–Trinajstić information content (AvgIpc) is 2.75. The smallest absolute Gasteiger partial charge is 0.338 e. The number of carbonyl (C=O) groups is 4. The van der Waals surface area contributed by atoms with Gasteiger partial charge in [0.1, 0.15) is 0 Å². The maximum Gasteiger partial charge on any atom is 0.338 e. The van der Waals surface area contributed by atoms with Gasteiger partial charge in [0.2, 0.25) is 0 Å². The number of nitrogens with one attached hydrogen (secondary N) is 2. The molecule has 28 heavy (non-hydrogen) atoms. The summed E-state index contributed by atoms with van der Waals surface area (Å²) in [6.45, 7) is 2.22. The molecule has 0 aliphatic carbocycles. The second-order valence-corrected chi connectivity index (χ2v) is 5.69. The summed E-state index contributed by atoms with van der Waals surface area (Å²) in [6.07, 6.45) is 0.720. The van der Waals surface area contributed by atoms with Crippen LogP contribution >= 0.6 is 0 Å². The molecular formula is C20H20N2O6. The molecule has 0 radical (unpaired) electrons. The molecule has 8 heteroatoms. The van der Waals surface area contributed by atoms with Gasteiger partial charge in [-0.3, -0.25) is 20.4 Å². The molecule has 146 valence electrons. The summed E-state index contributed by atoms with van der Waals surface area (Å²) in [5.74, 6) is -2.07. The van der Waals surface area contributed by atoms with E-state index in [2.05, 4.69) is 15.6 Å². The van der Waals surface area contributed by atoms with Gasteiger partial charge in [-0.25, -0.2) is 9.59 Å². The molecule has 0 saturated heterocycles. The van der Waals surface area contributed by atoms with Gasteiger partial charge in [-0.1, -0.05) is 6.92 Å². The number of hydrogen-bond acceptors (Lipinski definition) is 6. The Balaban J connectivity index is 1.91. The van der Waals surface area contributed by atoms with E-state index < -0.39 is 23.8 Å². The minimum absolute atomic E-state index is 0.252. The third kappa shape index (κ3) is 5.41. The minimum Gasteiger partial charge on any atom is -0.465 e. The molecule has 0 saturated carbocycles. The summed E-state index contributed by atoms with van der Waals surface area (Å²) in [4.78, 5) is 47.3. The topological polar surface area (TPSA) is 111 Å². The van der Waals surface area contributed by atoms with Crippen LogP contribution in [0.2, 0.25) is 0 Å². The zero-order chi connectivity index (χ0) is 20.5. The van der Waals surface area contributed by atoms with Gasteiger partial charge in [-0.15, -0.1) is 0 Å². The number of esters is 2. The van der Waals surface area contributed by atoms with Gasteiger partial charge < -0.3 is 9.47 Å². The van der Waals surface area contributed by atoms with Crippen molar-refractivity contribution in [3.63, 3.8) is 0 Å². The predicted octanol–water partition coefficient (Wildman–Crippen LogP) is 2.11. The third-order valence-corrected chi connectivity index (χ3v) is 3.68. The van der Waals surface area contributed by atoms with E-state index in [1.54, 1.807) is 0 Å². The van der Waals surface area contributed by atoms with Gasteiger partial charge in [0.15, 0.2) is 0 Å². The van der Waals surface area contributed by atoms with Crippen molar-refractivity contribution in [3.05, 3.63) is 70.8 Å². The Morgan fingerprint density at radius 3 is 1.50 bits per heavy atom. The highest BCUT2D eigenvalue weighted by Crippen LogP contribution is 2.07. The second-order valence-electron chi connectivity index (χ2n) is 5.69. The molecule has 0 aromatic heterocycles. The number of ether oxygens (including phenoxy) is 2. The van der Waals surface area contributed by atoms with Crippen molar-refractivity contribution < 1.29 is 28.7 Å². The summed E-state index contributed by atoms with van der Waals surface area (Å²) < 4.78 is 9.59. The lowest BCUT2D eigenvalue weighted by Crippen LogP contribution is -2.41. The Morgan fingerprint density at radius 1 is 0.714 bits per heavy atom. The van der Waals surface area contributed by atoms with E-state index in [-0.39, 0.29) is 11.1 Å². The molecule has 0 fully saturated rings. The van der Waals surface area contributed by atoms with Crippen LogP contribution in [-0.2, 0) is 9.47 Å². The zero-order valence-corrected chi connectivity index (χ0v) is 15.5. The van der Waals surface area contributed by atoms with Crippen molar-refractivity contribution in [2.75, 3.05) is 13.7 Å². The number of rotatable bonds is 6. The van der Waals surface area contributed by atoms with Gasteiger partial charge in [0.25, 0.3) is 11.8 Å². The van der Waals surface area contributed by atoms with Crippen molar-refractivity contribution in [2.24, 2.45) is 0 Å². The van der Waals surface area contributed by atoms with Crippen molar-refractivity contribution in [1.29, 1.82) is 0 Å². The van der Waals surface area contributed by atoms with E-state index in [4.69, 9.17) is 4.74 Å². The quantitative estimate of drug-likeness (QED) is 0.583. The van der Waals surface area contributed by atoms with Gasteiger partial charge in [0, 0.05) is 11.1 Å². The van der Waals surface area contributed by atoms with Crippen molar-refractivity contribution in [1.82, 2.24) is 10.9 Å². The van der Waals surface area contributed by atoms with E-state index >= 15 is 0 Å². The molecule has 2 amide bonds. The Bertz CT molecular complexity index is 859. The number of benzene rings is 2. The highest BCUT2D eigenvalue weighted by atomic mass is 16.5. The first-order chi connectivity index (χ1) is 13.5. The van der Waals surface area contributed by atoms with Crippen LogP contribution in [0.15, 0.2) is 48.5 Å². The van der Waals surface area contributed by atoms with E-state index in [0.717, 1.165) is 6.42 Å². The molecule has 0 bridgehead atoms. The fourth-order valence-electron chi connectivity index (χ4n) is 2.17. The van der Waals surface area contributed by atoms with Gasteiger partial charge in [-0.05, 0) is 55.0 Å². The molecule has 0 aliphatic heterocycles. The van der Waals surface area contributed by atoms with Crippen LogP contribution < -0.4 is 10.9 Å². The van der Waals surface area contributed by atoms with Crippen LogP contribution in [-0.4, -0.2) is 37.5 Å². The van der Waals surface area contributed by atoms with Gasteiger partial charge in [-0.2, -0.15) is 0 Å². The lowest BCUT2D eigenvalue weighted by molar-refractivity contribution is 0.0504. The van der Waals surface area contributed by atoms with Crippen LogP contribution in [0.25, 0.3) is 0 Å². The van der Waals surface area contributed by atoms with Gasteiger partial charge in [0.05, 0.1) is 24.8 Å². The molecule has 0 aliphatic rings. The third-order valence-electron chi connectivity index (χ3n) is 3.68. The lowest BCUT2D eigenvalue weighted by Gasteiger charge is -2.08. The molecule has 0 atom stereocenters.